The zero-order valence-corrected chi connectivity index (χ0v) is 9.69. The van der Waals surface area contributed by atoms with Crippen LogP contribution in [0.1, 0.15) is 39.5 Å². The van der Waals surface area contributed by atoms with Crippen LogP contribution in [0.15, 0.2) is 0 Å². The summed E-state index contributed by atoms with van der Waals surface area (Å²) in [6.07, 6.45) is 1.56. The number of hydrogen-bond acceptors (Lipinski definition) is 5. The molecule has 16 heavy (non-hydrogen) atoms. The molecule has 0 aliphatic heterocycles. The third kappa shape index (κ3) is 2.72. The van der Waals surface area contributed by atoms with Crippen molar-refractivity contribution in [1.82, 2.24) is 0 Å². The minimum absolute atomic E-state index is 0.202. The SMILES string of the molecule is CCOC(=O)[C@]1(O)CCCC[C@H]1OC(C)=O. The average Bonchev–Trinajstić information content (AvgIpc) is 2.21. The lowest BCUT2D eigenvalue weighted by Crippen LogP contribution is -2.54. The highest BCUT2D eigenvalue weighted by molar-refractivity contribution is 5.81. The molecule has 0 bridgehead atoms. The van der Waals surface area contributed by atoms with E-state index in [9.17, 15) is 14.7 Å². The van der Waals surface area contributed by atoms with E-state index >= 15 is 0 Å². The van der Waals surface area contributed by atoms with Gasteiger partial charge >= 0.3 is 11.9 Å². The molecule has 1 N–H and O–H groups in total. The minimum Gasteiger partial charge on any atom is -0.464 e. The van der Waals surface area contributed by atoms with Crippen molar-refractivity contribution >= 4 is 11.9 Å². The van der Waals surface area contributed by atoms with Gasteiger partial charge in [-0.05, 0) is 32.6 Å². The molecule has 0 aromatic heterocycles. The van der Waals surface area contributed by atoms with Gasteiger partial charge in [0.25, 0.3) is 0 Å². The van der Waals surface area contributed by atoms with E-state index in [1.807, 2.05) is 0 Å². The average molecular weight is 230 g/mol. The molecular weight excluding hydrogens is 212 g/mol. The van der Waals surface area contributed by atoms with Gasteiger partial charge in [-0.15, -0.1) is 0 Å². The van der Waals surface area contributed by atoms with Crippen molar-refractivity contribution in [1.29, 1.82) is 0 Å². The van der Waals surface area contributed by atoms with Gasteiger partial charge in [-0.3, -0.25) is 4.79 Å². The van der Waals surface area contributed by atoms with E-state index in [4.69, 9.17) is 9.47 Å². The van der Waals surface area contributed by atoms with Gasteiger partial charge in [-0.25, -0.2) is 4.79 Å². The van der Waals surface area contributed by atoms with Crippen LogP contribution in [-0.2, 0) is 19.1 Å². The smallest absolute Gasteiger partial charge is 0.342 e. The topological polar surface area (TPSA) is 72.8 Å². The third-order valence-electron chi connectivity index (χ3n) is 2.74. The molecule has 0 radical (unpaired) electrons. The van der Waals surface area contributed by atoms with E-state index in [0.29, 0.717) is 6.42 Å². The molecule has 5 heteroatoms. The molecule has 1 aliphatic rings. The number of carbonyl (C=O) groups is 2. The second-order valence-corrected chi connectivity index (χ2v) is 3.99. The summed E-state index contributed by atoms with van der Waals surface area (Å²) < 4.78 is 9.80. The minimum atomic E-state index is -1.67. The van der Waals surface area contributed by atoms with Gasteiger partial charge in [-0.1, -0.05) is 0 Å². The Balaban J connectivity index is 2.77. The summed E-state index contributed by atoms with van der Waals surface area (Å²) in [6, 6.07) is 0. The molecule has 0 spiro atoms. The van der Waals surface area contributed by atoms with Gasteiger partial charge in [0.05, 0.1) is 6.61 Å². The van der Waals surface area contributed by atoms with Crippen LogP contribution in [0.2, 0.25) is 0 Å². The predicted molar refractivity (Wildman–Crippen MR) is 55.6 cm³/mol. The summed E-state index contributed by atoms with van der Waals surface area (Å²) in [5.41, 5.74) is -1.67. The van der Waals surface area contributed by atoms with Crippen molar-refractivity contribution in [2.75, 3.05) is 6.61 Å². The van der Waals surface area contributed by atoms with E-state index in [2.05, 4.69) is 0 Å². The molecule has 2 atom stereocenters. The Morgan fingerprint density at radius 1 is 1.44 bits per heavy atom. The molecule has 1 saturated carbocycles. The van der Waals surface area contributed by atoms with Crippen LogP contribution in [0.4, 0.5) is 0 Å². The van der Waals surface area contributed by atoms with Crippen LogP contribution in [0.3, 0.4) is 0 Å². The van der Waals surface area contributed by atoms with E-state index in [1.54, 1.807) is 6.92 Å². The zero-order valence-electron chi connectivity index (χ0n) is 9.69. The molecular formula is C11H18O5. The molecule has 0 heterocycles. The highest BCUT2D eigenvalue weighted by Gasteiger charge is 2.48. The highest BCUT2D eigenvalue weighted by atomic mass is 16.6. The summed E-state index contributed by atoms with van der Waals surface area (Å²) in [5.74, 6) is -1.18. The van der Waals surface area contributed by atoms with Gasteiger partial charge in [0.15, 0.2) is 5.60 Å². The second-order valence-electron chi connectivity index (χ2n) is 3.99. The Morgan fingerprint density at radius 2 is 2.12 bits per heavy atom. The summed E-state index contributed by atoms with van der Waals surface area (Å²) >= 11 is 0. The Hall–Kier alpha value is -1.10. The molecule has 92 valence electrons. The van der Waals surface area contributed by atoms with Crippen molar-refractivity contribution in [2.24, 2.45) is 0 Å². The molecule has 1 fully saturated rings. The molecule has 1 rings (SSSR count). The fourth-order valence-electron chi connectivity index (χ4n) is 1.97. The maximum absolute atomic E-state index is 11.6. The largest absolute Gasteiger partial charge is 0.464 e. The first-order valence-corrected chi connectivity index (χ1v) is 5.57. The lowest BCUT2D eigenvalue weighted by Gasteiger charge is -2.36. The number of aliphatic hydroxyl groups is 1. The van der Waals surface area contributed by atoms with Crippen molar-refractivity contribution in [3.05, 3.63) is 0 Å². The van der Waals surface area contributed by atoms with Gasteiger partial charge in [0.1, 0.15) is 6.10 Å². The third-order valence-corrected chi connectivity index (χ3v) is 2.74. The molecule has 0 amide bonds. The predicted octanol–water partition coefficient (Wildman–Crippen LogP) is 0.786. The van der Waals surface area contributed by atoms with E-state index in [-0.39, 0.29) is 13.0 Å². The van der Waals surface area contributed by atoms with Crippen molar-refractivity contribution in [3.63, 3.8) is 0 Å². The fraction of sp³-hybridized carbons (Fsp3) is 0.818. The van der Waals surface area contributed by atoms with Gasteiger partial charge in [0, 0.05) is 6.92 Å². The fourth-order valence-corrected chi connectivity index (χ4v) is 1.97. The number of carbonyl (C=O) groups excluding carboxylic acids is 2. The van der Waals surface area contributed by atoms with Crippen LogP contribution in [0, 0.1) is 0 Å². The first kappa shape index (κ1) is 13.0. The quantitative estimate of drug-likeness (QED) is 0.725. The molecule has 0 unspecified atom stereocenters. The molecule has 1 aliphatic carbocycles. The number of hydrogen-bond donors (Lipinski definition) is 1. The molecule has 0 saturated heterocycles. The van der Waals surface area contributed by atoms with Gasteiger partial charge in [-0.2, -0.15) is 0 Å². The first-order chi connectivity index (χ1) is 7.50. The Labute approximate surface area is 94.7 Å². The maximum Gasteiger partial charge on any atom is 0.342 e. The Bertz CT molecular complexity index is 276. The van der Waals surface area contributed by atoms with Gasteiger partial charge < -0.3 is 14.6 Å². The van der Waals surface area contributed by atoms with E-state index in [0.717, 1.165) is 12.8 Å². The van der Waals surface area contributed by atoms with Crippen LogP contribution in [0.25, 0.3) is 0 Å². The van der Waals surface area contributed by atoms with Crippen LogP contribution >= 0.6 is 0 Å². The van der Waals surface area contributed by atoms with Crippen molar-refractivity contribution in [2.45, 2.75) is 51.2 Å². The molecule has 0 aromatic rings. The van der Waals surface area contributed by atoms with Crippen LogP contribution in [0.5, 0.6) is 0 Å². The zero-order chi connectivity index (χ0) is 12.2. The first-order valence-electron chi connectivity index (χ1n) is 5.57. The number of esters is 2. The number of rotatable bonds is 3. The summed E-state index contributed by atoms with van der Waals surface area (Å²) in [4.78, 5) is 22.5. The monoisotopic (exact) mass is 230 g/mol. The van der Waals surface area contributed by atoms with E-state index < -0.39 is 23.6 Å². The molecule has 0 aromatic carbocycles. The summed E-state index contributed by atoms with van der Waals surface area (Å²) in [5, 5.41) is 10.2. The number of ether oxygens (including phenoxy) is 2. The van der Waals surface area contributed by atoms with Gasteiger partial charge in [0.2, 0.25) is 0 Å². The second kappa shape index (κ2) is 5.30. The maximum atomic E-state index is 11.6. The lowest BCUT2D eigenvalue weighted by molar-refractivity contribution is -0.192. The Morgan fingerprint density at radius 3 is 2.69 bits per heavy atom. The van der Waals surface area contributed by atoms with E-state index in [1.165, 1.54) is 6.92 Å². The van der Waals surface area contributed by atoms with Crippen LogP contribution in [-0.4, -0.2) is 35.4 Å². The Kier molecular flexibility index (Phi) is 4.29. The summed E-state index contributed by atoms with van der Waals surface area (Å²) in [7, 11) is 0. The standard InChI is InChI=1S/C11H18O5/c1-3-15-10(13)11(14)7-5-4-6-9(11)16-8(2)12/h9,14H,3-7H2,1-2H3/t9-,11+/m1/s1. The van der Waals surface area contributed by atoms with Crippen molar-refractivity contribution in [3.8, 4) is 0 Å². The molecule has 5 nitrogen and oxygen atoms in total. The van der Waals surface area contributed by atoms with Crippen LogP contribution < -0.4 is 0 Å². The summed E-state index contributed by atoms with van der Waals surface area (Å²) in [6.45, 7) is 3.14. The lowest BCUT2D eigenvalue weighted by atomic mass is 9.82. The van der Waals surface area contributed by atoms with Crippen molar-refractivity contribution < 1.29 is 24.2 Å². The normalized spacial score (nSPS) is 29.6. The highest BCUT2D eigenvalue weighted by Crippen LogP contribution is 2.32.